The molecule has 344 valence electrons. The molecule has 0 amide bonds. The zero-order valence-electron chi connectivity index (χ0n) is 40.1. The van der Waals surface area contributed by atoms with Gasteiger partial charge in [0.1, 0.15) is 0 Å². The van der Waals surface area contributed by atoms with E-state index in [9.17, 15) is 0 Å². The Morgan fingerprint density at radius 1 is 0.230 bits per heavy atom. The molecule has 0 aliphatic heterocycles. The molecule has 0 saturated carbocycles. The second kappa shape index (κ2) is 16.8. The van der Waals surface area contributed by atoms with Gasteiger partial charge in [0.15, 0.2) is 17.5 Å². The maximum absolute atomic E-state index is 5.48. The van der Waals surface area contributed by atoms with Gasteiger partial charge in [-0.2, -0.15) is 0 Å². The SMILES string of the molecule is c1ccc(-c2cccc(-c3ccc4c(-n5c6cc7ccccc7cc6c6cc7ccccc7cc65)ccc(-c5nc(-c6ccccc6)nc(-c6ccc7c(c6)c6ccccc6n7-c6ccccc6)n5)c4c3)c2)cc1. The predicted octanol–water partition coefficient (Wildman–Crippen LogP) is 17.9. The maximum atomic E-state index is 5.48. The summed E-state index contributed by atoms with van der Waals surface area (Å²) in [5.74, 6) is 1.83. The van der Waals surface area contributed by atoms with Crippen LogP contribution in [0.1, 0.15) is 0 Å². The fraction of sp³-hybridized carbons (Fsp3) is 0. The Morgan fingerprint density at radius 3 is 1.41 bits per heavy atom. The van der Waals surface area contributed by atoms with Gasteiger partial charge in [-0.25, -0.2) is 15.0 Å². The molecule has 3 aromatic heterocycles. The number of para-hydroxylation sites is 2. The molecule has 0 radical (unpaired) electrons. The summed E-state index contributed by atoms with van der Waals surface area (Å²) in [6.45, 7) is 0. The Bertz CT molecular complexity index is 4610. The topological polar surface area (TPSA) is 48.5 Å². The van der Waals surface area contributed by atoms with Crippen molar-refractivity contribution in [1.29, 1.82) is 0 Å². The first-order valence-electron chi connectivity index (χ1n) is 25.2. The first-order chi connectivity index (χ1) is 36.7. The fourth-order valence-electron chi connectivity index (χ4n) is 11.4. The van der Waals surface area contributed by atoms with E-state index < -0.39 is 0 Å². The lowest BCUT2D eigenvalue weighted by Crippen LogP contribution is -2.02. The van der Waals surface area contributed by atoms with Crippen LogP contribution in [0.3, 0.4) is 0 Å². The minimum absolute atomic E-state index is 0.603. The highest BCUT2D eigenvalue weighted by atomic mass is 15.0. The summed E-state index contributed by atoms with van der Waals surface area (Å²) in [5.41, 5.74) is 14.1. The van der Waals surface area contributed by atoms with Gasteiger partial charge in [0.25, 0.3) is 0 Å². The lowest BCUT2D eigenvalue weighted by Gasteiger charge is -2.17. The molecule has 15 aromatic rings. The minimum Gasteiger partial charge on any atom is -0.309 e. The molecular weight excluding hydrogens is 899 g/mol. The second-order valence-electron chi connectivity index (χ2n) is 19.2. The van der Waals surface area contributed by atoms with E-state index in [0.717, 1.165) is 77.4 Å². The van der Waals surface area contributed by atoms with Crippen molar-refractivity contribution >= 4 is 75.9 Å². The number of nitrogens with zero attached hydrogens (tertiary/aromatic N) is 5. The van der Waals surface area contributed by atoms with E-state index in [0.29, 0.717) is 17.5 Å². The van der Waals surface area contributed by atoms with Gasteiger partial charge in [0, 0.05) is 49.3 Å². The number of benzene rings is 12. The van der Waals surface area contributed by atoms with Gasteiger partial charge in [-0.1, -0.05) is 176 Å². The molecule has 3 heterocycles. The van der Waals surface area contributed by atoms with Crippen LogP contribution < -0.4 is 0 Å². The van der Waals surface area contributed by atoms with Gasteiger partial charge >= 0.3 is 0 Å². The number of hydrogen-bond acceptors (Lipinski definition) is 3. The molecule has 0 bridgehead atoms. The molecule has 0 spiro atoms. The van der Waals surface area contributed by atoms with Crippen molar-refractivity contribution in [3.63, 3.8) is 0 Å². The number of rotatable bonds is 7. The normalized spacial score (nSPS) is 11.8. The quantitative estimate of drug-likeness (QED) is 0.160. The molecule has 0 atom stereocenters. The Labute approximate surface area is 426 Å². The third-order valence-electron chi connectivity index (χ3n) is 14.9. The molecular formula is C69H43N5. The summed E-state index contributed by atoms with van der Waals surface area (Å²) < 4.78 is 4.81. The van der Waals surface area contributed by atoms with Crippen LogP contribution in [0, 0.1) is 0 Å². The fourth-order valence-corrected chi connectivity index (χ4v) is 11.4. The highest BCUT2D eigenvalue weighted by Crippen LogP contribution is 2.43. The molecule has 15 rings (SSSR count). The molecule has 5 heteroatoms. The van der Waals surface area contributed by atoms with Crippen molar-refractivity contribution < 1.29 is 0 Å². The van der Waals surface area contributed by atoms with Crippen molar-refractivity contribution in [1.82, 2.24) is 24.1 Å². The summed E-state index contributed by atoms with van der Waals surface area (Å²) in [5, 5.41) is 11.7. The van der Waals surface area contributed by atoms with Gasteiger partial charge in [0.2, 0.25) is 0 Å². The largest absolute Gasteiger partial charge is 0.309 e. The molecule has 74 heavy (non-hydrogen) atoms. The zero-order valence-corrected chi connectivity index (χ0v) is 40.1. The van der Waals surface area contributed by atoms with Crippen LogP contribution in [0.4, 0.5) is 0 Å². The van der Waals surface area contributed by atoms with E-state index >= 15 is 0 Å². The van der Waals surface area contributed by atoms with Crippen LogP contribution >= 0.6 is 0 Å². The van der Waals surface area contributed by atoms with Gasteiger partial charge < -0.3 is 9.13 Å². The van der Waals surface area contributed by atoms with Crippen molar-refractivity contribution in [2.24, 2.45) is 0 Å². The van der Waals surface area contributed by atoms with Crippen LogP contribution in [0.2, 0.25) is 0 Å². The van der Waals surface area contributed by atoms with E-state index in [-0.39, 0.29) is 0 Å². The van der Waals surface area contributed by atoms with Crippen LogP contribution in [0.25, 0.3) is 144 Å². The first-order valence-corrected chi connectivity index (χ1v) is 25.2. The van der Waals surface area contributed by atoms with Crippen molar-refractivity contribution in [2.75, 3.05) is 0 Å². The molecule has 12 aromatic carbocycles. The third-order valence-corrected chi connectivity index (χ3v) is 14.9. The molecule has 0 saturated heterocycles. The van der Waals surface area contributed by atoms with Crippen LogP contribution in [0.15, 0.2) is 261 Å². The molecule has 0 aliphatic rings. The van der Waals surface area contributed by atoms with E-state index in [1.165, 1.54) is 48.8 Å². The highest BCUT2D eigenvalue weighted by molar-refractivity contribution is 6.18. The number of hydrogen-bond donors (Lipinski definition) is 0. The average molecular weight is 942 g/mol. The summed E-state index contributed by atoms with van der Waals surface area (Å²) in [6, 6.07) is 93.7. The van der Waals surface area contributed by atoms with Crippen LogP contribution in [0.5, 0.6) is 0 Å². The monoisotopic (exact) mass is 941 g/mol. The molecule has 0 N–H and O–H groups in total. The smallest absolute Gasteiger partial charge is 0.164 e. The summed E-state index contributed by atoms with van der Waals surface area (Å²) in [6.07, 6.45) is 0. The van der Waals surface area contributed by atoms with E-state index in [4.69, 9.17) is 15.0 Å². The average Bonchev–Trinajstić information content (AvgIpc) is 3.99. The van der Waals surface area contributed by atoms with E-state index in [1.807, 2.05) is 18.2 Å². The number of fused-ring (bicyclic) bond motifs is 9. The minimum atomic E-state index is 0.603. The van der Waals surface area contributed by atoms with E-state index in [2.05, 4.69) is 252 Å². The molecule has 0 fully saturated rings. The third kappa shape index (κ3) is 6.82. The van der Waals surface area contributed by atoms with E-state index in [1.54, 1.807) is 0 Å². The maximum Gasteiger partial charge on any atom is 0.164 e. The van der Waals surface area contributed by atoms with Gasteiger partial charge in [-0.15, -0.1) is 0 Å². The van der Waals surface area contributed by atoms with Crippen molar-refractivity contribution in [3.8, 4) is 67.8 Å². The van der Waals surface area contributed by atoms with Gasteiger partial charge in [0.05, 0.1) is 27.8 Å². The van der Waals surface area contributed by atoms with Crippen LogP contribution in [-0.2, 0) is 0 Å². The Morgan fingerprint density at radius 2 is 0.716 bits per heavy atom. The lowest BCUT2D eigenvalue weighted by atomic mass is 9.94. The summed E-state index contributed by atoms with van der Waals surface area (Å²) in [7, 11) is 0. The van der Waals surface area contributed by atoms with Gasteiger partial charge in [-0.05, 0) is 134 Å². The molecule has 5 nitrogen and oxygen atoms in total. The Kier molecular flexibility index (Phi) is 9.50. The lowest BCUT2D eigenvalue weighted by molar-refractivity contribution is 1.08. The standard InChI is InChI=1S/C69H43N5/c1-4-17-44(18-5-1)46-25-16-26-47(37-46)52-31-33-56-58(38-52)57(34-36-63(56)74-65-42-50-23-12-10-21-48(50)39-60(65)61-40-49-22-11-13-24-51(49)43-66(61)74)69-71-67(45-19-6-2-7-20-45)70-68(72-69)53-32-35-64-59(41-53)55-29-14-15-30-62(55)73(64)54-27-8-3-9-28-54/h1-43H. The predicted molar refractivity (Wildman–Crippen MR) is 308 cm³/mol. The zero-order chi connectivity index (χ0) is 48.7. The number of aromatic nitrogens is 5. The summed E-state index contributed by atoms with van der Waals surface area (Å²) >= 11 is 0. The Balaban J connectivity index is 0.995. The molecule has 0 aliphatic carbocycles. The first kappa shape index (κ1) is 41.8. The second-order valence-corrected chi connectivity index (χ2v) is 19.2. The Hall–Kier alpha value is -9.97. The van der Waals surface area contributed by atoms with Gasteiger partial charge in [-0.3, -0.25) is 0 Å². The van der Waals surface area contributed by atoms with Crippen LogP contribution in [-0.4, -0.2) is 24.1 Å². The van der Waals surface area contributed by atoms with Crippen molar-refractivity contribution in [3.05, 3.63) is 261 Å². The summed E-state index contributed by atoms with van der Waals surface area (Å²) in [4.78, 5) is 16.1. The molecule has 0 unspecified atom stereocenters. The highest BCUT2D eigenvalue weighted by Gasteiger charge is 2.22. The van der Waals surface area contributed by atoms with Crippen molar-refractivity contribution in [2.45, 2.75) is 0 Å².